The lowest BCUT2D eigenvalue weighted by Crippen LogP contribution is -2.55. The molecule has 4 rings (SSSR count). The Labute approximate surface area is 158 Å². The molecule has 1 aliphatic rings. The van der Waals surface area contributed by atoms with Crippen LogP contribution in [0.25, 0.3) is 10.8 Å². The van der Waals surface area contributed by atoms with E-state index in [4.69, 9.17) is 0 Å². The number of hydrogen-bond acceptors (Lipinski definition) is 4. The fraction of sp³-hybridized carbons (Fsp3) is 0.333. The Balaban J connectivity index is 1.89. The van der Waals surface area contributed by atoms with Crippen molar-refractivity contribution in [2.75, 3.05) is 26.2 Å². The van der Waals surface area contributed by atoms with Crippen LogP contribution in [0.2, 0.25) is 0 Å². The SMILES string of the molecule is O=C(O)CCC(c1ccc2ccccc2c1)(c1ncc[nH]1)N1CCNCC1. The molecule has 3 aromatic rings. The maximum absolute atomic E-state index is 11.5. The molecule has 6 heteroatoms. The van der Waals surface area contributed by atoms with Crippen molar-refractivity contribution in [2.45, 2.75) is 18.4 Å². The molecule has 0 bridgehead atoms. The van der Waals surface area contributed by atoms with Crippen molar-refractivity contribution in [3.8, 4) is 0 Å². The van der Waals surface area contributed by atoms with Crippen molar-refractivity contribution in [1.29, 1.82) is 0 Å². The zero-order valence-electron chi connectivity index (χ0n) is 15.2. The van der Waals surface area contributed by atoms with E-state index in [1.54, 1.807) is 6.20 Å². The standard InChI is InChI=1S/C21H24N4O2/c26-19(27)7-8-21(20-23-9-10-24-20,25-13-11-22-12-14-25)18-6-5-16-3-1-2-4-17(16)15-18/h1-6,9-10,15,22H,7-8,11-14H2,(H,23,24)(H,26,27). The molecule has 0 amide bonds. The predicted molar refractivity (Wildman–Crippen MR) is 105 cm³/mol. The summed E-state index contributed by atoms with van der Waals surface area (Å²) in [6.45, 7) is 3.44. The second-order valence-corrected chi connectivity index (χ2v) is 6.99. The quantitative estimate of drug-likeness (QED) is 0.626. The van der Waals surface area contributed by atoms with Crippen molar-refractivity contribution in [2.24, 2.45) is 0 Å². The molecule has 1 fully saturated rings. The van der Waals surface area contributed by atoms with Crippen LogP contribution in [0.5, 0.6) is 0 Å². The van der Waals surface area contributed by atoms with Gasteiger partial charge in [-0.2, -0.15) is 0 Å². The fourth-order valence-corrected chi connectivity index (χ4v) is 4.16. The minimum atomic E-state index is -0.790. The van der Waals surface area contributed by atoms with Crippen LogP contribution in [0.15, 0.2) is 54.9 Å². The van der Waals surface area contributed by atoms with Gasteiger partial charge in [0.2, 0.25) is 0 Å². The lowest BCUT2D eigenvalue weighted by Gasteiger charge is -2.45. The van der Waals surface area contributed by atoms with Gasteiger partial charge in [0.1, 0.15) is 11.4 Å². The lowest BCUT2D eigenvalue weighted by molar-refractivity contribution is -0.137. The number of hydrogen-bond donors (Lipinski definition) is 3. The average molecular weight is 364 g/mol. The fourth-order valence-electron chi connectivity index (χ4n) is 4.16. The first-order chi connectivity index (χ1) is 13.2. The minimum absolute atomic E-state index is 0.0808. The molecule has 2 heterocycles. The smallest absolute Gasteiger partial charge is 0.303 e. The summed E-state index contributed by atoms with van der Waals surface area (Å²) in [4.78, 5) is 21.7. The largest absolute Gasteiger partial charge is 0.481 e. The number of fused-ring (bicyclic) bond motifs is 1. The van der Waals surface area contributed by atoms with Gasteiger partial charge in [-0.1, -0.05) is 36.4 Å². The first-order valence-corrected chi connectivity index (χ1v) is 9.37. The zero-order chi connectivity index (χ0) is 18.7. The molecule has 2 aromatic carbocycles. The number of aromatic amines is 1. The summed E-state index contributed by atoms with van der Waals surface area (Å²) in [6.07, 6.45) is 4.10. The van der Waals surface area contributed by atoms with E-state index in [-0.39, 0.29) is 6.42 Å². The maximum Gasteiger partial charge on any atom is 0.303 e. The zero-order valence-corrected chi connectivity index (χ0v) is 15.2. The van der Waals surface area contributed by atoms with Gasteiger partial charge in [0.15, 0.2) is 0 Å². The van der Waals surface area contributed by atoms with Crippen molar-refractivity contribution >= 4 is 16.7 Å². The minimum Gasteiger partial charge on any atom is -0.481 e. The Morgan fingerprint density at radius 2 is 1.93 bits per heavy atom. The number of benzene rings is 2. The molecule has 1 aromatic heterocycles. The second kappa shape index (κ2) is 7.50. The van der Waals surface area contributed by atoms with Gasteiger partial charge in [-0.25, -0.2) is 4.98 Å². The average Bonchev–Trinajstić information content (AvgIpc) is 3.24. The highest BCUT2D eigenvalue weighted by atomic mass is 16.4. The molecule has 6 nitrogen and oxygen atoms in total. The highest BCUT2D eigenvalue weighted by molar-refractivity contribution is 5.83. The van der Waals surface area contributed by atoms with E-state index in [1.165, 1.54) is 5.39 Å². The number of H-pyrrole nitrogens is 1. The van der Waals surface area contributed by atoms with Gasteiger partial charge in [-0.3, -0.25) is 9.69 Å². The molecule has 1 aliphatic heterocycles. The molecule has 1 unspecified atom stereocenters. The molecular weight excluding hydrogens is 340 g/mol. The van der Waals surface area contributed by atoms with E-state index < -0.39 is 11.5 Å². The summed E-state index contributed by atoms with van der Waals surface area (Å²) >= 11 is 0. The highest BCUT2D eigenvalue weighted by Gasteiger charge is 2.43. The van der Waals surface area contributed by atoms with Crippen LogP contribution in [0, 0.1) is 0 Å². The topological polar surface area (TPSA) is 81.2 Å². The number of imidazole rings is 1. The molecule has 1 saturated heterocycles. The van der Waals surface area contributed by atoms with Crippen molar-refractivity contribution in [1.82, 2.24) is 20.2 Å². The molecule has 27 heavy (non-hydrogen) atoms. The normalized spacial score (nSPS) is 17.6. The molecule has 0 saturated carbocycles. The molecular formula is C21H24N4O2. The van der Waals surface area contributed by atoms with Crippen LogP contribution in [0.1, 0.15) is 24.2 Å². The number of aliphatic carboxylic acids is 1. The monoisotopic (exact) mass is 364 g/mol. The number of carboxylic acid groups (broad SMARTS) is 1. The van der Waals surface area contributed by atoms with Crippen molar-refractivity contribution < 1.29 is 9.90 Å². The number of nitrogens with zero attached hydrogens (tertiary/aromatic N) is 2. The molecule has 0 spiro atoms. The Morgan fingerprint density at radius 3 is 2.63 bits per heavy atom. The Bertz CT molecular complexity index is 919. The molecule has 0 aliphatic carbocycles. The van der Waals surface area contributed by atoms with Gasteiger partial charge in [-0.05, 0) is 28.8 Å². The van der Waals surface area contributed by atoms with Crippen molar-refractivity contribution in [3.63, 3.8) is 0 Å². The van der Waals surface area contributed by atoms with Crippen LogP contribution >= 0.6 is 0 Å². The molecule has 140 valence electrons. The lowest BCUT2D eigenvalue weighted by atomic mass is 9.81. The number of carboxylic acids is 1. The number of piperazine rings is 1. The van der Waals surface area contributed by atoms with Gasteiger partial charge in [-0.15, -0.1) is 0 Å². The van der Waals surface area contributed by atoms with Crippen LogP contribution in [-0.2, 0) is 10.3 Å². The summed E-state index contributed by atoms with van der Waals surface area (Å²) in [7, 11) is 0. The highest BCUT2D eigenvalue weighted by Crippen LogP contribution is 2.40. The predicted octanol–water partition coefficient (Wildman–Crippen LogP) is 2.58. The number of nitrogens with one attached hydrogen (secondary N) is 2. The van der Waals surface area contributed by atoms with Crippen molar-refractivity contribution in [3.05, 3.63) is 66.2 Å². The van der Waals surface area contributed by atoms with Gasteiger partial charge in [0, 0.05) is 45.0 Å². The number of aromatic nitrogens is 2. The van der Waals surface area contributed by atoms with Gasteiger partial charge in [0.25, 0.3) is 0 Å². The summed E-state index contributed by atoms with van der Waals surface area (Å²) in [6, 6.07) is 14.7. The Morgan fingerprint density at radius 1 is 1.15 bits per heavy atom. The Hall–Kier alpha value is -2.70. The molecule has 1 atom stereocenters. The van der Waals surface area contributed by atoms with Gasteiger partial charge in [0.05, 0.1) is 0 Å². The van der Waals surface area contributed by atoms with E-state index in [0.29, 0.717) is 6.42 Å². The van der Waals surface area contributed by atoms with E-state index in [0.717, 1.165) is 43.0 Å². The summed E-state index contributed by atoms with van der Waals surface area (Å²) in [5.41, 5.74) is 0.493. The third-order valence-electron chi connectivity index (χ3n) is 5.47. The number of rotatable bonds is 6. The van der Waals surface area contributed by atoms with E-state index in [9.17, 15) is 9.90 Å². The van der Waals surface area contributed by atoms with Crippen LogP contribution in [0.3, 0.4) is 0 Å². The Kier molecular flexibility index (Phi) is 4.92. The van der Waals surface area contributed by atoms with Crippen LogP contribution < -0.4 is 5.32 Å². The molecule has 0 radical (unpaired) electrons. The van der Waals surface area contributed by atoms with E-state index in [2.05, 4.69) is 50.5 Å². The summed E-state index contributed by atoms with van der Waals surface area (Å²) < 4.78 is 0. The molecule has 3 N–H and O–H groups in total. The summed E-state index contributed by atoms with van der Waals surface area (Å²) in [5.74, 6) is 0.0165. The maximum atomic E-state index is 11.5. The van der Waals surface area contributed by atoms with E-state index in [1.807, 2.05) is 18.3 Å². The van der Waals surface area contributed by atoms with E-state index >= 15 is 0 Å². The first kappa shape index (κ1) is 17.7. The number of carbonyl (C=O) groups is 1. The second-order valence-electron chi connectivity index (χ2n) is 6.99. The summed E-state index contributed by atoms with van der Waals surface area (Å²) in [5, 5.41) is 15.1. The van der Waals surface area contributed by atoms with Gasteiger partial charge >= 0.3 is 5.97 Å². The van der Waals surface area contributed by atoms with Gasteiger partial charge < -0.3 is 15.4 Å². The van der Waals surface area contributed by atoms with Crippen LogP contribution in [0.4, 0.5) is 0 Å². The van der Waals surface area contributed by atoms with Crippen LogP contribution in [-0.4, -0.2) is 52.1 Å². The third kappa shape index (κ3) is 3.34. The first-order valence-electron chi connectivity index (χ1n) is 9.37. The third-order valence-corrected chi connectivity index (χ3v) is 5.47.